The van der Waals surface area contributed by atoms with Crippen molar-refractivity contribution in [3.05, 3.63) is 72.5 Å². The molecule has 1 nitrogen and oxygen atoms in total. The Hall–Kier alpha value is -1.76. The molecule has 0 aliphatic carbocycles. The molecule has 16 heavy (non-hydrogen) atoms. The van der Waals surface area contributed by atoms with Crippen LogP contribution in [0, 0.1) is 0 Å². The van der Waals surface area contributed by atoms with Gasteiger partial charge in [-0.1, -0.05) is 48.6 Å². The lowest BCUT2D eigenvalue weighted by molar-refractivity contribution is 0.353. The Kier molecular flexibility index (Phi) is 3.25. The summed E-state index contributed by atoms with van der Waals surface area (Å²) >= 11 is 0. The molecule has 1 heteroatoms. The van der Waals surface area contributed by atoms with Crippen molar-refractivity contribution in [3.8, 4) is 0 Å². The van der Waals surface area contributed by atoms with Crippen LogP contribution in [0.4, 0.5) is 0 Å². The minimum atomic E-state index is 0.265. The smallest absolute Gasteiger partial charge is 0.0722 e. The zero-order chi connectivity index (χ0) is 11.4. The molecule has 0 saturated carbocycles. The summed E-state index contributed by atoms with van der Waals surface area (Å²) < 4.78 is 0. The Labute approximate surface area is 97.4 Å². The van der Waals surface area contributed by atoms with Crippen LogP contribution in [0.25, 0.3) is 0 Å². The van der Waals surface area contributed by atoms with E-state index in [0.717, 1.165) is 6.54 Å². The zero-order valence-electron chi connectivity index (χ0n) is 9.63. The minimum absolute atomic E-state index is 0.265. The molecule has 0 radical (unpaired) electrons. The number of allylic oxidation sites excluding steroid dienone is 2. The van der Waals surface area contributed by atoms with E-state index in [1.165, 1.54) is 11.1 Å². The van der Waals surface area contributed by atoms with Gasteiger partial charge in [0, 0.05) is 12.7 Å². The fourth-order valence-corrected chi connectivity index (χ4v) is 2.02. The quantitative estimate of drug-likeness (QED) is 0.689. The first-order valence-electron chi connectivity index (χ1n) is 5.59. The van der Waals surface area contributed by atoms with Crippen LogP contribution in [0.3, 0.4) is 0 Å². The lowest BCUT2D eigenvalue weighted by Crippen LogP contribution is -2.24. The van der Waals surface area contributed by atoms with Gasteiger partial charge in [-0.15, -0.1) is 6.58 Å². The van der Waals surface area contributed by atoms with Crippen molar-refractivity contribution in [1.82, 2.24) is 4.90 Å². The third kappa shape index (κ3) is 2.25. The molecule has 2 rings (SSSR count). The first-order chi connectivity index (χ1) is 7.81. The van der Waals surface area contributed by atoms with Gasteiger partial charge in [0.25, 0.3) is 0 Å². The standard InChI is InChI=1S/C15H17N/c1-3-15(14-9-5-4-6-10-14)16-11-7-8-13(2)12-16/h3-10,12,15H,1,11H2,2H3. The lowest BCUT2D eigenvalue weighted by Gasteiger charge is -2.30. The number of benzene rings is 1. The van der Waals surface area contributed by atoms with Crippen LogP contribution < -0.4 is 0 Å². The first kappa shape index (κ1) is 10.7. The number of nitrogens with zero attached hydrogens (tertiary/aromatic N) is 1. The van der Waals surface area contributed by atoms with Crippen molar-refractivity contribution in [2.45, 2.75) is 13.0 Å². The number of hydrogen-bond donors (Lipinski definition) is 0. The molecule has 0 aromatic heterocycles. The molecule has 0 spiro atoms. The fourth-order valence-electron chi connectivity index (χ4n) is 2.02. The largest absolute Gasteiger partial charge is 0.363 e. The van der Waals surface area contributed by atoms with Crippen LogP contribution in [0.1, 0.15) is 18.5 Å². The topological polar surface area (TPSA) is 3.24 Å². The molecule has 0 saturated heterocycles. The highest BCUT2D eigenvalue weighted by Crippen LogP contribution is 2.24. The van der Waals surface area contributed by atoms with Crippen LogP contribution in [0.15, 0.2) is 66.9 Å². The monoisotopic (exact) mass is 211 g/mol. The Balaban J connectivity index is 2.24. The van der Waals surface area contributed by atoms with Crippen molar-refractivity contribution >= 4 is 0 Å². The third-order valence-corrected chi connectivity index (χ3v) is 2.79. The average molecular weight is 211 g/mol. The highest BCUT2D eigenvalue weighted by atomic mass is 15.1. The summed E-state index contributed by atoms with van der Waals surface area (Å²) in [6, 6.07) is 10.7. The lowest BCUT2D eigenvalue weighted by atomic mass is 10.0. The van der Waals surface area contributed by atoms with E-state index in [4.69, 9.17) is 0 Å². The van der Waals surface area contributed by atoms with E-state index >= 15 is 0 Å². The molecular weight excluding hydrogens is 194 g/mol. The summed E-state index contributed by atoms with van der Waals surface area (Å²) in [4.78, 5) is 2.30. The van der Waals surface area contributed by atoms with Gasteiger partial charge in [0.15, 0.2) is 0 Å². The Morgan fingerprint density at radius 2 is 2.06 bits per heavy atom. The predicted molar refractivity (Wildman–Crippen MR) is 69.0 cm³/mol. The average Bonchev–Trinajstić information content (AvgIpc) is 2.31. The highest BCUT2D eigenvalue weighted by Gasteiger charge is 2.14. The predicted octanol–water partition coefficient (Wildman–Crippen LogP) is 3.69. The van der Waals surface area contributed by atoms with Gasteiger partial charge in [0.05, 0.1) is 6.04 Å². The summed E-state index contributed by atoms with van der Waals surface area (Å²) in [5.74, 6) is 0. The molecule has 1 aromatic carbocycles. The molecular formula is C15H17N. The second-order valence-corrected chi connectivity index (χ2v) is 4.06. The molecule has 0 N–H and O–H groups in total. The molecule has 1 aliphatic heterocycles. The Morgan fingerprint density at radius 1 is 1.31 bits per heavy atom. The summed E-state index contributed by atoms with van der Waals surface area (Å²) in [7, 11) is 0. The van der Waals surface area contributed by atoms with E-state index in [1.54, 1.807) is 0 Å². The van der Waals surface area contributed by atoms with Crippen molar-refractivity contribution in [2.75, 3.05) is 6.54 Å². The second-order valence-electron chi connectivity index (χ2n) is 4.06. The third-order valence-electron chi connectivity index (χ3n) is 2.79. The van der Waals surface area contributed by atoms with Gasteiger partial charge < -0.3 is 4.90 Å². The van der Waals surface area contributed by atoms with Gasteiger partial charge in [-0.05, 0) is 18.1 Å². The van der Waals surface area contributed by atoms with E-state index in [0.29, 0.717) is 0 Å². The summed E-state index contributed by atoms with van der Waals surface area (Å²) in [6.45, 7) is 7.01. The maximum atomic E-state index is 3.94. The van der Waals surface area contributed by atoms with E-state index < -0.39 is 0 Å². The Morgan fingerprint density at radius 3 is 2.69 bits per heavy atom. The van der Waals surface area contributed by atoms with Crippen molar-refractivity contribution in [1.29, 1.82) is 0 Å². The van der Waals surface area contributed by atoms with Crippen LogP contribution in [0.5, 0.6) is 0 Å². The van der Waals surface area contributed by atoms with Crippen LogP contribution >= 0.6 is 0 Å². The summed E-state index contributed by atoms with van der Waals surface area (Å²) in [6.07, 6.45) is 8.54. The van der Waals surface area contributed by atoms with Gasteiger partial charge in [-0.25, -0.2) is 0 Å². The second kappa shape index (κ2) is 4.84. The van der Waals surface area contributed by atoms with Gasteiger partial charge in [0.1, 0.15) is 0 Å². The van der Waals surface area contributed by atoms with Crippen LogP contribution in [-0.4, -0.2) is 11.4 Å². The maximum Gasteiger partial charge on any atom is 0.0722 e. The molecule has 1 heterocycles. The molecule has 1 unspecified atom stereocenters. The number of hydrogen-bond acceptors (Lipinski definition) is 1. The van der Waals surface area contributed by atoms with Crippen molar-refractivity contribution in [2.24, 2.45) is 0 Å². The van der Waals surface area contributed by atoms with E-state index in [2.05, 4.69) is 61.0 Å². The molecule has 0 fully saturated rings. The summed E-state index contributed by atoms with van der Waals surface area (Å²) in [5, 5.41) is 0. The molecule has 1 aromatic rings. The minimum Gasteiger partial charge on any atom is -0.363 e. The molecule has 82 valence electrons. The van der Waals surface area contributed by atoms with Gasteiger partial charge in [-0.3, -0.25) is 0 Å². The SMILES string of the molecule is C=CC(c1ccccc1)N1C=C(C)C=CC1. The van der Waals surface area contributed by atoms with Gasteiger partial charge in [0.2, 0.25) is 0 Å². The van der Waals surface area contributed by atoms with Crippen molar-refractivity contribution < 1.29 is 0 Å². The molecule has 1 aliphatic rings. The first-order valence-corrected chi connectivity index (χ1v) is 5.59. The van der Waals surface area contributed by atoms with Crippen LogP contribution in [-0.2, 0) is 0 Å². The molecule has 0 amide bonds. The fraction of sp³-hybridized carbons (Fsp3) is 0.200. The van der Waals surface area contributed by atoms with E-state index in [9.17, 15) is 0 Å². The van der Waals surface area contributed by atoms with Gasteiger partial charge >= 0.3 is 0 Å². The van der Waals surface area contributed by atoms with Crippen LogP contribution in [0.2, 0.25) is 0 Å². The van der Waals surface area contributed by atoms with Crippen molar-refractivity contribution in [3.63, 3.8) is 0 Å². The summed E-state index contributed by atoms with van der Waals surface area (Å²) in [5.41, 5.74) is 2.57. The normalized spacial score (nSPS) is 16.8. The van der Waals surface area contributed by atoms with Gasteiger partial charge in [-0.2, -0.15) is 0 Å². The number of rotatable bonds is 3. The van der Waals surface area contributed by atoms with E-state index in [1.807, 2.05) is 12.1 Å². The molecule has 0 bridgehead atoms. The highest BCUT2D eigenvalue weighted by molar-refractivity contribution is 5.27. The zero-order valence-corrected chi connectivity index (χ0v) is 9.63. The maximum absolute atomic E-state index is 3.94. The molecule has 1 atom stereocenters. The Bertz CT molecular complexity index is 414. The van der Waals surface area contributed by atoms with E-state index in [-0.39, 0.29) is 6.04 Å².